The van der Waals surface area contributed by atoms with Crippen LogP contribution < -0.4 is 10.1 Å². The molecule has 5 rings (SSSR count). The summed E-state index contributed by atoms with van der Waals surface area (Å²) in [5, 5.41) is 43.3. The van der Waals surface area contributed by atoms with Gasteiger partial charge in [0.05, 0.1) is 17.4 Å². The third-order valence-corrected chi connectivity index (χ3v) is 7.95. The molecule has 1 amide bonds. The SMILES string of the molecule is C[C@H](NC(=O)[C@@H](O)CC(=O)O)C(=O)OC1=CC[C@@]2(O)[C@@H]3Cc4ccc(O)c5c4[C@@]2(CCN3C)[C@H]1O5. The van der Waals surface area contributed by atoms with Gasteiger partial charge in [-0.25, -0.2) is 4.79 Å². The fourth-order valence-corrected chi connectivity index (χ4v) is 6.27. The molecule has 5 N–H and O–H groups in total. The summed E-state index contributed by atoms with van der Waals surface area (Å²) in [7, 11) is 1.97. The van der Waals surface area contributed by atoms with Crippen molar-refractivity contribution < 1.29 is 44.3 Å². The number of hydrogen-bond acceptors (Lipinski definition) is 9. The highest BCUT2D eigenvalue weighted by Crippen LogP contribution is 2.65. The van der Waals surface area contributed by atoms with E-state index in [9.17, 15) is 29.7 Å². The third kappa shape index (κ3) is 3.25. The molecule has 0 aromatic heterocycles. The van der Waals surface area contributed by atoms with Gasteiger partial charge >= 0.3 is 11.9 Å². The Morgan fingerprint density at radius 1 is 1.34 bits per heavy atom. The van der Waals surface area contributed by atoms with Gasteiger partial charge in [0.1, 0.15) is 17.9 Å². The molecular formula is C24H28N2O9. The van der Waals surface area contributed by atoms with Gasteiger partial charge in [0, 0.05) is 18.0 Å². The number of nitrogens with one attached hydrogen (secondary N) is 1. The van der Waals surface area contributed by atoms with Crippen LogP contribution in [0.5, 0.6) is 11.5 Å². The van der Waals surface area contributed by atoms with Crippen LogP contribution in [0.4, 0.5) is 0 Å². The Bertz CT molecular complexity index is 1150. The van der Waals surface area contributed by atoms with Gasteiger partial charge in [0.2, 0.25) is 5.91 Å². The smallest absolute Gasteiger partial charge is 0.333 e. The first-order chi connectivity index (χ1) is 16.5. The van der Waals surface area contributed by atoms with Crippen LogP contribution in [0.25, 0.3) is 0 Å². The molecule has 2 aliphatic carbocycles. The highest BCUT2D eigenvalue weighted by Gasteiger charge is 2.72. The summed E-state index contributed by atoms with van der Waals surface area (Å²) in [4.78, 5) is 37.7. The Kier molecular flexibility index (Phi) is 5.35. The largest absolute Gasteiger partial charge is 0.504 e. The minimum atomic E-state index is -1.81. The quantitative estimate of drug-likeness (QED) is 0.331. The Labute approximate surface area is 200 Å². The van der Waals surface area contributed by atoms with Gasteiger partial charge in [-0.15, -0.1) is 0 Å². The van der Waals surface area contributed by atoms with Gasteiger partial charge in [-0.3, -0.25) is 9.59 Å². The number of carboxylic acids is 1. The molecule has 1 fully saturated rings. The van der Waals surface area contributed by atoms with Gasteiger partial charge in [-0.2, -0.15) is 0 Å². The topological polar surface area (TPSA) is 166 Å². The maximum absolute atomic E-state index is 12.8. The first kappa shape index (κ1) is 23.6. The van der Waals surface area contributed by atoms with E-state index in [0.29, 0.717) is 19.4 Å². The van der Waals surface area contributed by atoms with Crippen molar-refractivity contribution in [2.75, 3.05) is 13.6 Å². The average Bonchev–Trinajstić information content (AvgIpc) is 3.15. The molecule has 6 atom stereocenters. The summed E-state index contributed by atoms with van der Waals surface area (Å²) in [6, 6.07) is 2.04. The molecule has 2 bridgehead atoms. The maximum atomic E-state index is 12.8. The van der Waals surface area contributed by atoms with E-state index in [1.54, 1.807) is 12.1 Å². The number of carboxylic acid groups (broad SMARTS) is 1. The van der Waals surface area contributed by atoms with Crippen molar-refractivity contribution in [3.63, 3.8) is 0 Å². The van der Waals surface area contributed by atoms with E-state index in [1.807, 2.05) is 13.1 Å². The summed E-state index contributed by atoms with van der Waals surface area (Å²) >= 11 is 0. The fraction of sp³-hybridized carbons (Fsp3) is 0.542. The van der Waals surface area contributed by atoms with E-state index in [4.69, 9.17) is 14.6 Å². The summed E-state index contributed by atoms with van der Waals surface area (Å²) in [5.41, 5.74) is -0.385. The number of phenolic OH excluding ortho intramolecular Hbond substituents is 1. The zero-order valence-electron chi connectivity index (χ0n) is 19.4. The van der Waals surface area contributed by atoms with Crippen molar-refractivity contribution in [2.45, 2.75) is 67.9 Å². The van der Waals surface area contributed by atoms with Crippen LogP contribution in [-0.2, 0) is 31.0 Å². The van der Waals surface area contributed by atoms with E-state index in [0.717, 1.165) is 11.1 Å². The lowest BCUT2D eigenvalue weighted by atomic mass is 9.50. The zero-order chi connectivity index (χ0) is 25.3. The van der Waals surface area contributed by atoms with Gasteiger partial charge in [0.15, 0.2) is 17.6 Å². The molecule has 0 radical (unpaired) electrons. The van der Waals surface area contributed by atoms with E-state index < -0.39 is 53.5 Å². The number of likely N-dealkylation sites (N-methyl/N-ethyl adjacent to an activating group) is 1. The van der Waals surface area contributed by atoms with E-state index in [-0.39, 0.29) is 29.7 Å². The number of nitrogens with zero attached hydrogens (tertiary/aromatic N) is 1. The summed E-state index contributed by atoms with van der Waals surface area (Å²) in [6.07, 6.45) is -0.519. The van der Waals surface area contributed by atoms with Crippen LogP contribution in [0, 0.1) is 0 Å². The normalized spacial score (nSPS) is 31.9. The Morgan fingerprint density at radius 3 is 2.80 bits per heavy atom. The first-order valence-corrected chi connectivity index (χ1v) is 11.6. The molecule has 1 spiro atoms. The summed E-state index contributed by atoms with van der Waals surface area (Å²) in [5.74, 6) is -2.78. The predicted molar refractivity (Wildman–Crippen MR) is 119 cm³/mol. The number of aliphatic hydroxyl groups is 2. The minimum Gasteiger partial charge on any atom is -0.504 e. The van der Waals surface area contributed by atoms with Crippen molar-refractivity contribution in [1.82, 2.24) is 10.2 Å². The molecule has 11 heteroatoms. The second kappa shape index (κ2) is 7.94. The number of carbonyl (C=O) groups is 3. The monoisotopic (exact) mass is 488 g/mol. The second-order valence-electron chi connectivity index (χ2n) is 9.87. The number of carbonyl (C=O) groups excluding carboxylic acids is 2. The number of hydrogen-bond donors (Lipinski definition) is 5. The zero-order valence-corrected chi connectivity index (χ0v) is 19.4. The number of rotatable bonds is 6. The predicted octanol–water partition coefficient (Wildman–Crippen LogP) is -0.447. The summed E-state index contributed by atoms with van der Waals surface area (Å²) in [6.45, 7) is 2.03. The minimum absolute atomic E-state index is 0.0500. The lowest BCUT2D eigenvalue weighted by molar-refractivity contribution is -0.170. The number of esters is 1. The van der Waals surface area contributed by atoms with Crippen LogP contribution in [0.2, 0.25) is 0 Å². The van der Waals surface area contributed by atoms with Crippen LogP contribution in [0.1, 0.15) is 37.3 Å². The Morgan fingerprint density at radius 2 is 2.09 bits per heavy atom. The number of aliphatic hydroxyl groups excluding tert-OH is 1. The lowest BCUT2D eigenvalue weighted by Gasteiger charge is -2.61. The van der Waals surface area contributed by atoms with Gasteiger partial charge in [-0.05, 0) is 51.1 Å². The average molecular weight is 488 g/mol. The van der Waals surface area contributed by atoms with Crippen LogP contribution in [-0.4, -0.2) is 86.7 Å². The molecule has 35 heavy (non-hydrogen) atoms. The van der Waals surface area contributed by atoms with Gasteiger partial charge in [-0.1, -0.05) is 6.07 Å². The number of likely N-dealkylation sites (tertiary alicyclic amines) is 1. The Balaban J connectivity index is 1.43. The number of phenols is 1. The van der Waals surface area contributed by atoms with Crippen molar-refractivity contribution in [2.24, 2.45) is 0 Å². The molecule has 1 aromatic rings. The van der Waals surface area contributed by atoms with E-state index in [2.05, 4.69) is 10.2 Å². The molecule has 11 nitrogen and oxygen atoms in total. The molecule has 188 valence electrons. The molecular weight excluding hydrogens is 460 g/mol. The molecule has 2 heterocycles. The standard InChI is InChI=1S/C24H28N2O9/c1-11(25-21(31)14(28)10-17(29)30)22(32)34-15-5-6-24(33)16-9-12-3-4-13(27)19-18(12)23(24,20(15)35-19)7-8-26(16)2/h3-5,11,14,16,20,27-28,33H,6-10H2,1-2H3,(H,25,31)(H,29,30)/t11-,14-,16-,20-,23-,24+/m0/s1. The maximum Gasteiger partial charge on any atom is 0.333 e. The molecule has 1 saturated heterocycles. The number of piperidine rings is 1. The molecule has 0 unspecified atom stereocenters. The van der Waals surface area contributed by atoms with Gasteiger partial charge in [0.25, 0.3) is 0 Å². The van der Waals surface area contributed by atoms with Gasteiger partial charge < -0.3 is 40.1 Å². The number of ether oxygens (including phenoxy) is 2. The third-order valence-electron chi connectivity index (χ3n) is 7.95. The van der Waals surface area contributed by atoms with Crippen LogP contribution in [0.3, 0.4) is 0 Å². The van der Waals surface area contributed by atoms with Crippen LogP contribution in [0.15, 0.2) is 24.0 Å². The van der Waals surface area contributed by atoms with Crippen molar-refractivity contribution in [3.05, 3.63) is 35.1 Å². The fourth-order valence-electron chi connectivity index (χ4n) is 6.27. The number of amides is 1. The molecule has 4 aliphatic rings. The lowest BCUT2D eigenvalue weighted by Crippen LogP contribution is -2.74. The first-order valence-electron chi connectivity index (χ1n) is 11.6. The van der Waals surface area contributed by atoms with Crippen LogP contribution >= 0.6 is 0 Å². The number of aliphatic carboxylic acids is 1. The number of benzene rings is 1. The second-order valence-corrected chi connectivity index (χ2v) is 9.87. The van der Waals surface area contributed by atoms with E-state index in [1.165, 1.54) is 6.92 Å². The highest BCUT2D eigenvalue weighted by atomic mass is 16.6. The molecule has 1 aromatic carbocycles. The van der Waals surface area contributed by atoms with Crippen molar-refractivity contribution in [3.8, 4) is 11.5 Å². The molecule has 0 saturated carbocycles. The Hall–Kier alpha value is -3.15. The number of aromatic hydroxyl groups is 1. The van der Waals surface area contributed by atoms with E-state index >= 15 is 0 Å². The van der Waals surface area contributed by atoms with Crippen molar-refractivity contribution in [1.29, 1.82) is 0 Å². The van der Waals surface area contributed by atoms with Crippen molar-refractivity contribution >= 4 is 17.8 Å². The molecule has 2 aliphatic heterocycles. The highest BCUT2D eigenvalue weighted by molar-refractivity contribution is 5.89. The summed E-state index contributed by atoms with van der Waals surface area (Å²) < 4.78 is 11.8.